The molecule has 1 aliphatic rings. The monoisotopic (exact) mass is 385 g/mol. The first-order valence-electron chi connectivity index (χ1n) is 3.92. The molecule has 1 aromatic rings. The first-order valence-corrected chi connectivity index (χ1v) is 6.07. The summed E-state index contributed by atoms with van der Waals surface area (Å²) in [5, 5.41) is 0. The van der Waals surface area contributed by atoms with Gasteiger partial charge in [0, 0.05) is 13.2 Å². The predicted molar refractivity (Wildman–Crippen MR) is 67.1 cm³/mol. The average molecular weight is 385 g/mol. The summed E-state index contributed by atoms with van der Waals surface area (Å²) in [6, 6.07) is 4.74. The van der Waals surface area contributed by atoms with Crippen LogP contribution in [0.4, 0.5) is 0 Å². The average Bonchev–Trinajstić information content (AvgIpc) is 2.31. The summed E-state index contributed by atoms with van der Waals surface area (Å²) in [5.41, 5.74) is 8.83. The summed E-state index contributed by atoms with van der Waals surface area (Å²) in [6.45, 7) is 0. The van der Waals surface area contributed by atoms with Crippen LogP contribution in [-0.4, -0.2) is 0 Å². The fraction of sp³-hybridized carbons (Fsp3) is 0.333. The minimum atomic E-state index is 0.281. The van der Waals surface area contributed by atoms with E-state index >= 15 is 0 Å². The molecule has 0 saturated carbocycles. The zero-order chi connectivity index (χ0) is 8.72. The smallest absolute Gasteiger partial charge is 0.0311 e. The largest absolute Gasteiger partial charge is 0.324 e. The lowest BCUT2D eigenvalue weighted by Gasteiger charge is -2.07. The van der Waals surface area contributed by atoms with Crippen LogP contribution in [-0.2, 0) is 6.42 Å². The molecule has 0 aliphatic heterocycles. The molecule has 0 bridgehead atoms. The van der Waals surface area contributed by atoms with E-state index in [4.69, 9.17) is 5.73 Å². The Kier molecular flexibility index (Phi) is 2.62. The van der Waals surface area contributed by atoms with Gasteiger partial charge in [-0.1, -0.05) is 0 Å². The molecular weight excluding hydrogens is 376 g/mol. The first-order chi connectivity index (χ1) is 5.68. The number of hydrogen-bond acceptors (Lipinski definition) is 1. The van der Waals surface area contributed by atoms with E-state index < -0.39 is 0 Å². The fourth-order valence-corrected chi connectivity index (χ4v) is 4.08. The molecule has 2 N–H and O–H groups in total. The molecule has 64 valence electrons. The molecule has 3 heteroatoms. The summed E-state index contributed by atoms with van der Waals surface area (Å²) in [4.78, 5) is 0. The van der Waals surface area contributed by atoms with Crippen molar-refractivity contribution in [3.8, 4) is 0 Å². The van der Waals surface area contributed by atoms with Crippen LogP contribution < -0.4 is 5.73 Å². The number of benzene rings is 1. The van der Waals surface area contributed by atoms with Crippen molar-refractivity contribution in [2.75, 3.05) is 0 Å². The Morgan fingerprint density at radius 2 is 2.08 bits per heavy atom. The second kappa shape index (κ2) is 3.42. The van der Waals surface area contributed by atoms with Crippen molar-refractivity contribution in [1.29, 1.82) is 0 Å². The van der Waals surface area contributed by atoms with Gasteiger partial charge in [-0.3, -0.25) is 0 Å². The third-order valence-corrected chi connectivity index (χ3v) is 3.79. The summed E-state index contributed by atoms with van der Waals surface area (Å²) in [5.74, 6) is 0. The lowest BCUT2D eigenvalue weighted by Crippen LogP contribution is -2.07. The second-order valence-corrected chi connectivity index (χ2v) is 5.51. The van der Waals surface area contributed by atoms with Gasteiger partial charge in [0.15, 0.2) is 0 Å². The van der Waals surface area contributed by atoms with Gasteiger partial charge in [0.05, 0.1) is 0 Å². The first kappa shape index (κ1) is 9.21. The molecular formula is C9H9I2N. The Hall–Kier alpha value is 0.640. The highest BCUT2D eigenvalue weighted by Gasteiger charge is 2.21. The maximum atomic E-state index is 5.99. The van der Waals surface area contributed by atoms with Gasteiger partial charge in [-0.25, -0.2) is 0 Å². The second-order valence-electron chi connectivity index (χ2n) is 3.11. The molecule has 0 amide bonds. The van der Waals surface area contributed by atoms with E-state index in [-0.39, 0.29) is 6.04 Å². The quantitative estimate of drug-likeness (QED) is 0.684. The van der Waals surface area contributed by atoms with E-state index in [0.29, 0.717) is 0 Å². The minimum Gasteiger partial charge on any atom is -0.324 e. The van der Waals surface area contributed by atoms with Gasteiger partial charge in [0.1, 0.15) is 0 Å². The normalized spacial score (nSPS) is 21.1. The zero-order valence-electron chi connectivity index (χ0n) is 6.48. The van der Waals surface area contributed by atoms with Crippen molar-refractivity contribution in [2.24, 2.45) is 5.73 Å². The molecule has 1 nitrogen and oxygen atoms in total. The van der Waals surface area contributed by atoms with Crippen LogP contribution >= 0.6 is 45.2 Å². The maximum absolute atomic E-state index is 5.99. The van der Waals surface area contributed by atoms with Crippen LogP contribution in [0, 0.1) is 7.14 Å². The summed E-state index contributed by atoms with van der Waals surface area (Å²) >= 11 is 4.74. The molecule has 1 aromatic carbocycles. The number of halogens is 2. The van der Waals surface area contributed by atoms with Gasteiger partial charge in [-0.15, -0.1) is 0 Å². The van der Waals surface area contributed by atoms with E-state index in [2.05, 4.69) is 57.3 Å². The third-order valence-electron chi connectivity index (χ3n) is 2.28. The third kappa shape index (κ3) is 1.50. The van der Waals surface area contributed by atoms with E-state index in [1.165, 1.54) is 18.3 Å². The van der Waals surface area contributed by atoms with Crippen LogP contribution in [0.25, 0.3) is 0 Å². The number of fused-ring (bicyclic) bond motifs is 1. The lowest BCUT2D eigenvalue weighted by molar-refractivity contribution is 0.711. The molecule has 0 heterocycles. The summed E-state index contributed by atoms with van der Waals surface area (Å²) in [7, 11) is 0. The van der Waals surface area contributed by atoms with Crippen molar-refractivity contribution >= 4 is 45.2 Å². The Balaban J connectivity index is 2.60. The van der Waals surface area contributed by atoms with Crippen molar-refractivity contribution in [1.82, 2.24) is 0 Å². The van der Waals surface area contributed by atoms with Gasteiger partial charge in [-0.2, -0.15) is 0 Å². The van der Waals surface area contributed by atoms with Crippen LogP contribution in [0.2, 0.25) is 0 Å². The molecule has 2 rings (SSSR count). The molecule has 1 atom stereocenters. The van der Waals surface area contributed by atoms with E-state index in [0.717, 1.165) is 12.8 Å². The molecule has 0 spiro atoms. The SMILES string of the molecule is N[C@@H]1CCc2cc(I)cc(I)c21. The Morgan fingerprint density at radius 1 is 1.33 bits per heavy atom. The fourth-order valence-electron chi connectivity index (χ4n) is 1.72. The maximum Gasteiger partial charge on any atom is 0.0311 e. The molecule has 1 aliphatic carbocycles. The minimum absolute atomic E-state index is 0.281. The van der Waals surface area contributed by atoms with Crippen LogP contribution in [0.3, 0.4) is 0 Å². The van der Waals surface area contributed by atoms with Crippen molar-refractivity contribution < 1.29 is 0 Å². The predicted octanol–water partition coefficient (Wildman–Crippen LogP) is 2.84. The van der Waals surface area contributed by atoms with Crippen molar-refractivity contribution in [3.05, 3.63) is 30.4 Å². The van der Waals surface area contributed by atoms with Crippen LogP contribution in [0.15, 0.2) is 12.1 Å². The van der Waals surface area contributed by atoms with Crippen molar-refractivity contribution in [2.45, 2.75) is 18.9 Å². The topological polar surface area (TPSA) is 26.0 Å². The molecule has 0 radical (unpaired) electrons. The highest BCUT2D eigenvalue weighted by atomic mass is 127. The zero-order valence-corrected chi connectivity index (χ0v) is 10.8. The number of hydrogen-bond donors (Lipinski definition) is 1. The number of rotatable bonds is 0. The highest BCUT2D eigenvalue weighted by molar-refractivity contribution is 14.1. The summed E-state index contributed by atoms with van der Waals surface area (Å²) in [6.07, 6.45) is 2.27. The van der Waals surface area contributed by atoms with E-state index in [1.54, 1.807) is 0 Å². The molecule has 0 aromatic heterocycles. The Morgan fingerprint density at radius 3 is 2.83 bits per heavy atom. The van der Waals surface area contributed by atoms with Gasteiger partial charge in [-0.05, 0) is 81.3 Å². The van der Waals surface area contributed by atoms with Gasteiger partial charge < -0.3 is 5.73 Å². The molecule has 12 heavy (non-hydrogen) atoms. The molecule has 0 saturated heterocycles. The number of nitrogens with two attached hydrogens (primary N) is 1. The Bertz CT molecular complexity index is 323. The van der Waals surface area contributed by atoms with E-state index in [9.17, 15) is 0 Å². The standard InChI is InChI=1S/C9H9I2N/c10-6-3-5-1-2-8(12)9(5)7(11)4-6/h3-4,8H,1-2,12H2/t8-/m1/s1. The number of aryl methyl sites for hydroxylation is 1. The molecule has 0 unspecified atom stereocenters. The van der Waals surface area contributed by atoms with Crippen molar-refractivity contribution in [3.63, 3.8) is 0 Å². The lowest BCUT2D eigenvalue weighted by atomic mass is 10.1. The van der Waals surface area contributed by atoms with Gasteiger partial charge in [0.25, 0.3) is 0 Å². The van der Waals surface area contributed by atoms with Gasteiger partial charge in [0.2, 0.25) is 0 Å². The van der Waals surface area contributed by atoms with Crippen LogP contribution in [0.1, 0.15) is 23.6 Å². The highest BCUT2D eigenvalue weighted by Crippen LogP contribution is 2.34. The van der Waals surface area contributed by atoms with E-state index in [1.807, 2.05) is 0 Å². The molecule has 0 fully saturated rings. The Labute approximate surface area is 99.4 Å². The van der Waals surface area contributed by atoms with Crippen LogP contribution in [0.5, 0.6) is 0 Å². The van der Waals surface area contributed by atoms with Gasteiger partial charge >= 0.3 is 0 Å². The summed E-state index contributed by atoms with van der Waals surface area (Å²) < 4.78 is 2.66.